The molecule has 0 aromatic heterocycles. The molecular formula is C13H12N2. The van der Waals surface area contributed by atoms with Crippen molar-refractivity contribution in [1.82, 2.24) is 5.32 Å². The number of hydrogen-bond acceptors (Lipinski definition) is 2. The normalized spacial score (nSPS) is 27.6. The van der Waals surface area contributed by atoms with Crippen LogP contribution < -0.4 is 5.32 Å². The molecule has 1 aromatic rings. The molecule has 1 N–H and O–H groups in total. The molecule has 1 aliphatic carbocycles. The third-order valence-corrected chi connectivity index (χ3v) is 2.73. The maximum Gasteiger partial charge on any atom is 0.126 e. The molecule has 2 aliphatic rings. The van der Waals surface area contributed by atoms with Crippen LogP contribution in [-0.4, -0.2) is 11.8 Å². The molecule has 2 atom stereocenters. The van der Waals surface area contributed by atoms with Gasteiger partial charge in [0.25, 0.3) is 0 Å². The lowest BCUT2D eigenvalue weighted by Gasteiger charge is -2.11. The van der Waals surface area contributed by atoms with Crippen LogP contribution in [0.2, 0.25) is 0 Å². The summed E-state index contributed by atoms with van der Waals surface area (Å²) in [7, 11) is 0. The van der Waals surface area contributed by atoms with E-state index in [0.29, 0.717) is 6.04 Å². The van der Waals surface area contributed by atoms with Gasteiger partial charge in [0.2, 0.25) is 0 Å². The molecule has 0 spiro atoms. The van der Waals surface area contributed by atoms with E-state index in [2.05, 4.69) is 40.7 Å². The predicted molar refractivity (Wildman–Crippen MR) is 61.8 cm³/mol. The van der Waals surface area contributed by atoms with Gasteiger partial charge in [-0.3, -0.25) is 10.3 Å². The maximum absolute atomic E-state index is 4.65. The number of nitrogens with one attached hydrogen (secondary N) is 1. The minimum atomic E-state index is 0.110. The van der Waals surface area contributed by atoms with Gasteiger partial charge in [-0.2, -0.15) is 0 Å². The average Bonchev–Trinajstić information content (AvgIpc) is 2.74. The zero-order valence-electron chi connectivity index (χ0n) is 8.30. The van der Waals surface area contributed by atoms with E-state index in [1.54, 1.807) is 0 Å². The monoisotopic (exact) mass is 196 g/mol. The fourth-order valence-electron chi connectivity index (χ4n) is 1.96. The molecule has 0 bridgehead atoms. The number of hydrogen-bond donors (Lipinski definition) is 1. The molecule has 0 fully saturated rings. The molecule has 0 saturated heterocycles. The molecule has 1 heterocycles. The highest BCUT2D eigenvalue weighted by Gasteiger charge is 2.25. The van der Waals surface area contributed by atoms with Gasteiger partial charge < -0.3 is 0 Å². The van der Waals surface area contributed by atoms with Crippen LogP contribution >= 0.6 is 0 Å². The van der Waals surface area contributed by atoms with Gasteiger partial charge in [-0.15, -0.1) is 0 Å². The maximum atomic E-state index is 4.65. The van der Waals surface area contributed by atoms with Crippen molar-refractivity contribution in [3.05, 3.63) is 60.2 Å². The lowest BCUT2D eigenvalue weighted by Crippen LogP contribution is -2.29. The van der Waals surface area contributed by atoms with E-state index >= 15 is 0 Å². The molecule has 1 aliphatic heterocycles. The highest BCUT2D eigenvalue weighted by molar-refractivity contribution is 6.03. The first-order chi connectivity index (χ1) is 7.43. The Kier molecular flexibility index (Phi) is 2.00. The van der Waals surface area contributed by atoms with Gasteiger partial charge in [-0.25, -0.2) is 0 Å². The van der Waals surface area contributed by atoms with E-state index in [9.17, 15) is 0 Å². The summed E-state index contributed by atoms with van der Waals surface area (Å²) in [5.74, 6) is 0. The van der Waals surface area contributed by atoms with Crippen LogP contribution in [0.3, 0.4) is 0 Å². The van der Waals surface area contributed by atoms with Crippen LogP contribution in [0.15, 0.2) is 59.6 Å². The fourth-order valence-corrected chi connectivity index (χ4v) is 1.96. The average molecular weight is 196 g/mol. The fraction of sp³-hybridized carbons (Fsp3) is 0.154. The van der Waals surface area contributed by atoms with E-state index in [1.807, 2.05) is 24.3 Å². The molecule has 0 radical (unpaired) electrons. The molecule has 74 valence electrons. The van der Waals surface area contributed by atoms with Crippen LogP contribution in [-0.2, 0) is 0 Å². The van der Waals surface area contributed by atoms with Gasteiger partial charge in [-0.05, 0) is 11.6 Å². The summed E-state index contributed by atoms with van der Waals surface area (Å²) >= 11 is 0. The van der Waals surface area contributed by atoms with Gasteiger partial charge in [0.1, 0.15) is 6.17 Å². The highest BCUT2D eigenvalue weighted by Crippen LogP contribution is 2.22. The first kappa shape index (κ1) is 8.62. The Balaban J connectivity index is 1.91. The number of aliphatic imine (C=N–C) groups is 1. The second kappa shape index (κ2) is 3.48. The summed E-state index contributed by atoms with van der Waals surface area (Å²) in [5, 5.41) is 3.47. The van der Waals surface area contributed by atoms with Crippen molar-refractivity contribution in [1.29, 1.82) is 0 Å². The Morgan fingerprint density at radius 2 is 1.93 bits per heavy atom. The van der Waals surface area contributed by atoms with Crippen molar-refractivity contribution in [2.24, 2.45) is 4.99 Å². The predicted octanol–water partition coefficient (Wildman–Crippen LogP) is 2.22. The van der Waals surface area contributed by atoms with Crippen molar-refractivity contribution < 1.29 is 0 Å². The first-order valence-corrected chi connectivity index (χ1v) is 5.17. The number of allylic oxidation sites excluding steroid dienone is 2. The summed E-state index contributed by atoms with van der Waals surface area (Å²) in [6.07, 6.45) is 8.41. The van der Waals surface area contributed by atoms with Gasteiger partial charge in [0, 0.05) is 0 Å². The van der Waals surface area contributed by atoms with Crippen LogP contribution in [0.1, 0.15) is 11.7 Å². The van der Waals surface area contributed by atoms with Crippen molar-refractivity contribution >= 4 is 5.71 Å². The van der Waals surface area contributed by atoms with E-state index < -0.39 is 0 Å². The zero-order chi connectivity index (χ0) is 10.1. The molecule has 0 saturated carbocycles. The van der Waals surface area contributed by atoms with Crippen molar-refractivity contribution in [3.63, 3.8) is 0 Å². The second-order valence-electron chi connectivity index (χ2n) is 3.76. The Hall–Kier alpha value is -1.67. The summed E-state index contributed by atoms with van der Waals surface area (Å²) in [6.45, 7) is 0. The van der Waals surface area contributed by atoms with Crippen LogP contribution in [0.4, 0.5) is 0 Å². The molecular weight excluding hydrogens is 184 g/mol. The van der Waals surface area contributed by atoms with Crippen LogP contribution in [0.5, 0.6) is 0 Å². The van der Waals surface area contributed by atoms with E-state index in [-0.39, 0.29) is 6.17 Å². The lowest BCUT2D eigenvalue weighted by atomic mass is 10.1. The molecule has 1 aromatic carbocycles. The SMILES string of the molecule is C1=CC2=NC(c3ccccc3)NC2C=C1. The standard InChI is InChI=1S/C13H12N2/c1-2-6-10(7-3-1)13-14-11-8-4-5-9-12(11)15-13/h1-9,11,13-14H. The van der Waals surface area contributed by atoms with Gasteiger partial charge in [0.05, 0.1) is 11.8 Å². The molecule has 15 heavy (non-hydrogen) atoms. The van der Waals surface area contributed by atoms with E-state index in [1.165, 1.54) is 5.56 Å². The quantitative estimate of drug-likeness (QED) is 0.731. The van der Waals surface area contributed by atoms with Gasteiger partial charge in [-0.1, -0.05) is 48.6 Å². The number of benzene rings is 1. The minimum Gasteiger partial charge on any atom is -0.280 e. The number of fused-ring (bicyclic) bond motifs is 1. The third-order valence-electron chi connectivity index (χ3n) is 2.73. The van der Waals surface area contributed by atoms with E-state index in [0.717, 1.165) is 5.71 Å². The zero-order valence-corrected chi connectivity index (χ0v) is 8.30. The molecule has 3 rings (SSSR count). The Labute approximate surface area is 89.0 Å². The second-order valence-corrected chi connectivity index (χ2v) is 3.76. The van der Waals surface area contributed by atoms with Gasteiger partial charge in [0.15, 0.2) is 0 Å². The molecule has 0 amide bonds. The van der Waals surface area contributed by atoms with Crippen molar-refractivity contribution in [3.8, 4) is 0 Å². The largest absolute Gasteiger partial charge is 0.280 e. The highest BCUT2D eigenvalue weighted by atomic mass is 15.2. The van der Waals surface area contributed by atoms with Crippen molar-refractivity contribution in [2.75, 3.05) is 0 Å². The summed E-state index contributed by atoms with van der Waals surface area (Å²) < 4.78 is 0. The molecule has 2 nitrogen and oxygen atoms in total. The topological polar surface area (TPSA) is 24.4 Å². The molecule has 2 unspecified atom stereocenters. The number of rotatable bonds is 1. The first-order valence-electron chi connectivity index (χ1n) is 5.17. The smallest absolute Gasteiger partial charge is 0.126 e. The third kappa shape index (κ3) is 1.53. The number of nitrogens with zero attached hydrogens (tertiary/aromatic N) is 1. The van der Waals surface area contributed by atoms with E-state index in [4.69, 9.17) is 0 Å². The van der Waals surface area contributed by atoms with Gasteiger partial charge >= 0.3 is 0 Å². The van der Waals surface area contributed by atoms with Crippen molar-refractivity contribution in [2.45, 2.75) is 12.2 Å². The lowest BCUT2D eigenvalue weighted by molar-refractivity contribution is 0.603. The summed E-state index contributed by atoms with van der Waals surface area (Å²) in [4.78, 5) is 4.65. The Morgan fingerprint density at radius 1 is 1.07 bits per heavy atom. The molecule has 2 heteroatoms. The summed E-state index contributed by atoms with van der Waals surface area (Å²) in [6, 6.07) is 10.6. The Morgan fingerprint density at radius 3 is 2.73 bits per heavy atom. The Bertz CT molecular complexity index is 443. The van der Waals surface area contributed by atoms with Crippen LogP contribution in [0, 0.1) is 0 Å². The summed E-state index contributed by atoms with van der Waals surface area (Å²) in [5.41, 5.74) is 2.35. The van der Waals surface area contributed by atoms with Crippen LogP contribution in [0.25, 0.3) is 0 Å². The minimum absolute atomic E-state index is 0.110.